The lowest BCUT2D eigenvalue weighted by Crippen LogP contribution is -2.49. The summed E-state index contributed by atoms with van der Waals surface area (Å²) in [6.45, 7) is 2.87. The molecule has 1 amide bonds. The zero-order valence-electron chi connectivity index (χ0n) is 13.6. The van der Waals surface area contributed by atoms with Gasteiger partial charge in [-0.15, -0.1) is 0 Å². The monoisotopic (exact) mass is 396 g/mol. The number of aromatic nitrogens is 2. The van der Waals surface area contributed by atoms with E-state index in [1.165, 1.54) is 0 Å². The zero-order chi connectivity index (χ0) is 17.2. The van der Waals surface area contributed by atoms with Crippen LogP contribution in [0.1, 0.15) is 10.4 Å². The fourth-order valence-corrected chi connectivity index (χ4v) is 3.44. The number of halogens is 1. The lowest BCUT2D eigenvalue weighted by Gasteiger charge is -2.35. The molecule has 25 heavy (non-hydrogen) atoms. The van der Waals surface area contributed by atoms with Crippen LogP contribution in [0.4, 0.5) is 5.82 Å². The van der Waals surface area contributed by atoms with Crippen molar-refractivity contribution in [2.75, 3.05) is 31.1 Å². The fourth-order valence-electron chi connectivity index (χ4n) is 3.04. The van der Waals surface area contributed by atoms with Crippen molar-refractivity contribution in [2.24, 2.45) is 0 Å². The molecule has 0 N–H and O–H groups in total. The Balaban J connectivity index is 1.46. The van der Waals surface area contributed by atoms with Crippen LogP contribution in [0.25, 0.3) is 11.0 Å². The summed E-state index contributed by atoms with van der Waals surface area (Å²) in [5, 5.41) is 0. The topological polar surface area (TPSA) is 49.3 Å². The number of carbonyl (C=O) groups excluding carboxylic acids is 1. The molecule has 1 aromatic heterocycles. The van der Waals surface area contributed by atoms with E-state index in [2.05, 4.69) is 25.8 Å². The Morgan fingerprint density at radius 1 is 0.960 bits per heavy atom. The second-order valence-electron chi connectivity index (χ2n) is 6.01. The summed E-state index contributed by atoms with van der Waals surface area (Å²) in [5.74, 6) is 0.943. The number of piperazine rings is 1. The average Bonchev–Trinajstić information content (AvgIpc) is 2.67. The van der Waals surface area contributed by atoms with Gasteiger partial charge >= 0.3 is 0 Å². The fraction of sp³-hybridized carbons (Fsp3) is 0.211. The van der Waals surface area contributed by atoms with E-state index in [0.29, 0.717) is 18.7 Å². The van der Waals surface area contributed by atoms with Gasteiger partial charge in [0, 0.05) is 36.2 Å². The minimum atomic E-state index is 0.0746. The second kappa shape index (κ2) is 6.80. The molecule has 126 valence electrons. The third-order valence-corrected chi connectivity index (χ3v) is 4.89. The number of nitrogens with zero attached hydrogens (tertiary/aromatic N) is 4. The Kier molecular flexibility index (Phi) is 4.36. The standard InChI is InChI=1S/C19H17BrN4O/c20-15-5-3-4-14(12-15)19(25)24-10-8-23(9-11-24)18-13-21-16-6-1-2-7-17(16)22-18/h1-7,12-13H,8-11H2. The van der Waals surface area contributed by atoms with Crippen LogP contribution in [0, 0.1) is 0 Å². The van der Waals surface area contributed by atoms with Crippen molar-refractivity contribution in [3.63, 3.8) is 0 Å². The van der Waals surface area contributed by atoms with Crippen molar-refractivity contribution in [1.29, 1.82) is 0 Å². The van der Waals surface area contributed by atoms with E-state index in [-0.39, 0.29) is 5.91 Å². The van der Waals surface area contributed by atoms with Gasteiger partial charge in [0.1, 0.15) is 5.82 Å². The van der Waals surface area contributed by atoms with Gasteiger partial charge in [-0.2, -0.15) is 0 Å². The number of hydrogen-bond donors (Lipinski definition) is 0. The molecule has 1 aliphatic rings. The third-order valence-electron chi connectivity index (χ3n) is 4.40. The van der Waals surface area contributed by atoms with Crippen molar-refractivity contribution in [1.82, 2.24) is 14.9 Å². The normalized spacial score (nSPS) is 14.8. The number of amides is 1. The first kappa shape index (κ1) is 16.0. The molecule has 0 bridgehead atoms. The maximum atomic E-state index is 12.6. The number of para-hydroxylation sites is 2. The Morgan fingerprint density at radius 2 is 1.72 bits per heavy atom. The molecule has 0 aliphatic carbocycles. The van der Waals surface area contributed by atoms with Crippen LogP contribution in [-0.2, 0) is 0 Å². The Bertz CT molecular complexity index is 922. The van der Waals surface area contributed by atoms with Crippen molar-refractivity contribution >= 4 is 38.7 Å². The van der Waals surface area contributed by atoms with Crippen molar-refractivity contribution in [2.45, 2.75) is 0 Å². The molecule has 0 saturated carbocycles. The van der Waals surface area contributed by atoms with E-state index in [4.69, 9.17) is 4.98 Å². The lowest BCUT2D eigenvalue weighted by atomic mass is 10.2. The van der Waals surface area contributed by atoms with Crippen LogP contribution in [0.5, 0.6) is 0 Å². The minimum absolute atomic E-state index is 0.0746. The average molecular weight is 397 g/mol. The highest BCUT2D eigenvalue weighted by Crippen LogP contribution is 2.19. The molecular weight excluding hydrogens is 380 g/mol. The Morgan fingerprint density at radius 3 is 2.48 bits per heavy atom. The van der Waals surface area contributed by atoms with Gasteiger partial charge in [0.05, 0.1) is 17.2 Å². The summed E-state index contributed by atoms with van der Waals surface area (Å²) < 4.78 is 0.920. The number of benzene rings is 2. The molecule has 0 spiro atoms. The van der Waals surface area contributed by atoms with Gasteiger partial charge in [0.25, 0.3) is 5.91 Å². The van der Waals surface area contributed by atoms with E-state index < -0.39 is 0 Å². The van der Waals surface area contributed by atoms with Gasteiger partial charge in [-0.25, -0.2) is 4.98 Å². The van der Waals surface area contributed by atoms with E-state index in [0.717, 1.165) is 34.4 Å². The minimum Gasteiger partial charge on any atom is -0.352 e. The van der Waals surface area contributed by atoms with Crippen LogP contribution in [0.15, 0.2) is 59.2 Å². The highest BCUT2D eigenvalue weighted by molar-refractivity contribution is 9.10. The highest BCUT2D eigenvalue weighted by Gasteiger charge is 2.23. The molecule has 0 radical (unpaired) electrons. The van der Waals surface area contributed by atoms with Crippen LogP contribution in [-0.4, -0.2) is 47.0 Å². The van der Waals surface area contributed by atoms with Crippen LogP contribution >= 0.6 is 15.9 Å². The molecule has 0 unspecified atom stereocenters. The summed E-state index contributed by atoms with van der Waals surface area (Å²) >= 11 is 3.42. The predicted molar refractivity (Wildman–Crippen MR) is 102 cm³/mol. The van der Waals surface area contributed by atoms with E-state index in [9.17, 15) is 4.79 Å². The first-order valence-electron chi connectivity index (χ1n) is 8.22. The number of rotatable bonds is 2. The van der Waals surface area contributed by atoms with Crippen LogP contribution < -0.4 is 4.90 Å². The summed E-state index contributed by atoms with van der Waals surface area (Å²) in [6, 6.07) is 15.4. The van der Waals surface area contributed by atoms with Gasteiger partial charge in [0.2, 0.25) is 0 Å². The molecule has 1 aliphatic heterocycles. The maximum Gasteiger partial charge on any atom is 0.254 e. The molecule has 2 heterocycles. The van der Waals surface area contributed by atoms with Crippen molar-refractivity contribution in [3.05, 3.63) is 64.8 Å². The molecule has 3 aromatic rings. The van der Waals surface area contributed by atoms with E-state index in [1.807, 2.05) is 59.6 Å². The molecule has 1 fully saturated rings. The second-order valence-corrected chi connectivity index (χ2v) is 6.92. The van der Waals surface area contributed by atoms with Crippen molar-refractivity contribution < 1.29 is 4.79 Å². The zero-order valence-corrected chi connectivity index (χ0v) is 15.2. The predicted octanol–water partition coefficient (Wildman–Crippen LogP) is 3.35. The number of anilines is 1. The number of hydrogen-bond acceptors (Lipinski definition) is 4. The molecule has 2 aromatic carbocycles. The van der Waals surface area contributed by atoms with E-state index >= 15 is 0 Å². The van der Waals surface area contributed by atoms with Gasteiger partial charge in [0.15, 0.2) is 0 Å². The molecule has 1 saturated heterocycles. The van der Waals surface area contributed by atoms with Gasteiger partial charge < -0.3 is 9.80 Å². The Labute approximate surface area is 154 Å². The van der Waals surface area contributed by atoms with Gasteiger partial charge in [-0.1, -0.05) is 34.1 Å². The van der Waals surface area contributed by atoms with Gasteiger partial charge in [-0.3, -0.25) is 9.78 Å². The molecule has 0 atom stereocenters. The molecular formula is C19H17BrN4O. The third kappa shape index (κ3) is 3.35. The first-order chi connectivity index (χ1) is 12.2. The quantitative estimate of drug-likeness (QED) is 0.666. The largest absolute Gasteiger partial charge is 0.352 e. The molecule has 4 rings (SSSR count). The SMILES string of the molecule is O=C(c1cccc(Br)c1)N1CCN(c2cnc3ccccc3n2)CC1. The lowest BCUT2D eigenvalue weighted by molar-refractivity contribution is 0.0746. The Hall–Kier alpha value is -2.47. The van der Waals surface area contributed by atoms with Crippen LogP contribution in [0.2, 0.25) is 0 Å². The van der Waals surface area contributed by atoms with E-state index in [1.54, 1.807) is 0 Å². The van der Waals surface area contributed by atoms with Crippen LogP contribution in [0.3, 0.4) is 0 Å². The summed E-state index contributed by atoms with van der Waals surface area (Å²) in [7, 11) is 0. The maximum absolute atomic E-state index is 12.6. The number of carbonyl (C=O) groups is 1. The smallest absolute Gasteiger partial charge is 0.254 e. The first-order valence-corrected chi connectivity index (χ1v) is 9.01. The summed E-state index contributed by atoms with van der Waals surface area (Å²) in [5.41, 5.74) is 2.51. The highest BCUT2D eigenvalue weighted by atomic mass is 79.9. The molecule has 5 nitrogen and oxygen atoms in total. The summed E-state index contributed by atoms with van der Waals surface area (Å²) in [4.78, 5) is 25.9. The molecule has 6 heteroatoms. The van der Waals surface area contributed by atoms with Crippen molar-refractivity contribution in [3.8, 4) is 0 Å². The summed E-state index contributed by atoms with van der Waals surface area (Å²) in [6.07, 6.45) is 1.81. The number of fused-ring (bicyclic) bond motifs is 1. The van der Waals surface area contributed by atoms with Gasteiger partial charge in [-0.05, 0) is 30.3 Å².